The lowest BCUT2D eigenvalue weighted by Crippen LogP contribution is -2.45. The second kappa shape index (κ2) is 10.9. The molecule has 0 unspecified atom stereocenters. The molecular formula is C25H25IN4OS. The van der Waals surface area contributed by atoms with E-state index < -0.39 is 0 Å². The number of thiocarbonyl (C=S) groups is 1. The second-order valence-electron chi connectivity index (χ2n) is 7.71. The van der Waals surface area contributed by atoms with E-state index in [2.05, 4.69) is 85.5 Å². The third-order valence-corrected chi connectivity index (χ3v) is 6.30. The van der Waals surface area contributed by atoms with E-state index in [1.807, 2.05) is 30.3 Å². The average molecular weight is 556 g/mol. The quantitative estimate of drug-likeness (QED) is 0.352. The van der Waals surface area contributed by atoms with Crippen molar-refractivity contribution in [3.63, 3.8) is 0 Å². The van der Waals surface area contributed by atoms with Crippen molar-refractivity contribution in [3.05, 3.63) is 93.6 Å². The first kappa shape index (κ1) is 22.7. The largest absolute Gasteiger partial charge is 0.369 e. The molecule has 0 bridgehead atoms. The number of nitrogens with one attached hydrogen (secondary N) is 2. The Bertz CT molecular complexity index is 1070. The van der Waals surface area contributed by atoms with Gasteiger partial charge in [-0.05, 0) is 82.8 Å². The maximum absolute atomic E-state index is 12.3. The molecule has 4 rings (SSSR count). The van der Waals surface area contributed by atoms with Crippen LogP contribution in [0.2, 0.25) is 0 Å². The smallest absolute Gasteiger partial charge is 0.257 e. The van der Waals surface area contributed by atoms with Gasteiger partial charge in [0, 0.05) is 53.2 Å². The second-order valence-corrected chi connectivity index (χ2v) is 9.37. The van der Waals surface area contributed by atoms with E-state index in [-0.39, 0.29) is 11.0 Å². The van der Waals surface area contributed by atoms with Crippen LogP contribution < -0.4 is 15.5 Å². The van der Waals surface area contributed by atoms with E-state index in [9.17, 15) is 4.79 Å². The lowest BCUT2D eigenvalue weighted by molar-refractivity contribution is 0.0977. The zero-order chi connectivity index (χ0) is 22.3. The fourth-order valence-electron chi connectivity index (χ4n) is 3.73. The Hall–Kier alpha value is -2.49. The molecule has 1 aliphatic heterocycles. The van der Waals surface area contributed by atoms with Gasteiger partial charge in [-0.1, -0.05) is 36.4 Å². The Morgan fingerprint density at radius 2 is 1.62 bits per heavy atom. The molecule has 164 valence electrons. The third kappa shape index (κ3) is 6.27. The molecule has 0 radical (unpaired) electrons. The highest BCUT2D eigenvalue weighted by atomic mass is 127. The number of rotatable bonds is 5. The molecule has 1 amide bonds. The lowest BCUT2D eigenvalue weighted by atomic mass is 10.2. The van der Waals surface area contributed by atoms with Crippen molar-refractivity contribution >= 4 is 57.2 Å². The van der Waals surface area contributed by atoms with E-state index in [0.29, 0.717) is 5.56 Å². The van der Waals surface area contributed by atoms with Crippen molar-refractivity contribution in [2.24, 2.45) is 0 Å². The summed E-state index contributed by atoms with van der Waals surface area (Å²) in [5.41, 5.74) is 4.00. The standard InChI is InChI=1S/C25H25IN4OS/c26-21-8-4-7-20(17-21)24(31)28-25(32)27-22-9-11-23(12-10-22)30-15-13-29(14-16-30)18-19-5-2-1-3-6-19/h1-12,17H,13-16,18H2,(H2,27,28,31,32). The summed E-state index contributed by atoms with van der Waals surface area (Å²) >= 11 is 7.49. The van der Waals surface area contributed by atoms with Gasteiger partial charge in [0.05, 0.1) is 0 Å². The molecule has 32 heavy (non-hydrogen) atoms. The summed E-state index contributed by atoms with van der Waals surface area (Å²) in [4.78, 5) is 17.2. The first-order valence-electron chi connectivity index (χ1n) is 10.6. The number of anilines is 2. The summed E-state index contributed by atoms with van der Waals surface area (Å²) < 4.78 is 1.01. The first-order valence-corrected chi connectivity index (χ1v) is 12.0. The number of benzene rings is 3. The summed E-state index contributed by atoms with van der Waals surface area (Å²) in [5.74, 6) is -0.217. The summed E-state index contributed by atoms with van der Waals surface area (Å²) in [6.07, 6.45) is 0. The van der Waals surface area contributed by atoms with E-state index in [4.69, 9.17) is 12.2 Å². The molecule has 1 aliphatic rings. The average Bonchev–Trinajstić information content (AvgIpc) is 2.81. The highest BCUT2D eigenvalue weighted by Gasteiger charge is 2.17. The van der Waals surface area contributed by atoms with Crippen LogP contribution in [0.1, 0.15) is 15.9 Å². The topological polar surface area (TPSA) is 47.6 Å². The Balaban J connectivity index is 1.26. The predicted molar refractivity (Wildman–Crippen MR) is 143 cm³/mol. The Kier molecular flexibility index (Phi) is 7.72. The maximum atomic E-state index is 12.3. The number of halogens is 1. The minimum atomic E-state index is -0.217. The number of hydrogen-bond acceptors (Lipinski definition) is 4. The van der Waals surface area contributed by atoms with Crippen LogP contribution in [0.4, 0.5) is 11.4 Å². The fourth-order valence-corrected chi connectivity index (χ4v) is 4.48. The van der Waals surface area contributed by atoms with E-state index in [0.717, 1.165) is 42.0 Å². The van der Waals surface area contributed by atoms with Gasteiger partial charge in [0.1, 0.15) is 0 Å². The van der Waals surface area contributed by atoms with Gasteiger partial charge < -0.3 is 10.2 Å². The highest BCUT2D eigenvalue weighted by Crippen LogP contribution is 2.20. The SMILES string of the molecule is O=C(NC(=S)Nc1ccc(N2CCN(Cc3ccccc3)CC2)cc1)c1cccc(I)c1. The molecular weight excluding hydrogens is 531 g/mol. The van der Waals surface area contributed by atoms with Crippen LogP contribution in [-0.2, 0) is 6.54 Å². The maximum Gasteiger partial charge on any atom is 0.257 e. The number of hydrogen-bond donors (Lipinski definition) is 2. The van der Waals surface area contributed by atoms with Crippen LogP contribution in [0.15, 0.2) is 78.9 Å². The van der Waals surface area contributed by atoms with Crippen molar-refractivity contribution in [1.29, 1.82) is 0 Å². The zero-order valence-electron chi connectivity index (χ0n) is 17.6. The molecule has 2 N–H and O–H groups in total. The molecule has 3 aromatic rings. The summed E-state index contributed by atoms with van der Waals surface area (Å²) in [6.45, 7) is 5.10. The van der Waals surface area contributed by atoms with Gasteiger partial charge in [0.2, 0.25) is 0 Å². The fraction of sp³-hybridized carbons (Fsp3) is 0.200. The van der Waals surface area contributed by atoms with Crippen LogP contribution in [0.5, 0.6) is 0 Å². The van der Waals surface area contributed by atoms with Gasteiger partial charge in [0.15, 0.2) is 5.11 Å². The number of amides is 1. The van der Waals surface area contributed by atoms with Gasteiger partial charge in [-0.15, -0.1) is 0 Å². The molecule has 0 aliphatic carbocycles. The van der Waals surface area contributed by atoms with Crippen LogP contribution >= 0.6 is 34.8 Å². The van der Waals surface area contributed by atoms with E-state index in [1.165, 1.54) is 11.3 Å². The minimum absolute atomic E-state index is 0.217. The molecule has 0 saturated carbocycles. The van der Waals surface area contributed by atoms with Crippen molar-refractivity contribution in [2.75, 3.05) is 36.4 Å². The van der Waals surface area contributed by atoms with Gasteiger partial charge in [-0.3, -0.25) is 15.0 Å². The molecule has 0 atom stereocenters. The van der Waals surface area contributed by atoms with Crippen molar-refractivity contribution in [1.82, 2.24) is 10.2 Å². The monoisotopic (exact) mass is 556 g/mol. The van der Waals surface area contributed by atoms with E-state index >= 15 is 0 Å². The minimum Gasteiger partial charge on any atom is -0.369 e. The lowest BCUT2D eigenvalue weighted by Gasteiger charge is -2.36. The Labute approximate surface area is 207 Å². The number of nitrogens with zero attached hydrogens (tertiary/aromatic N) is 2. The van der Waals surface area contributed by atoms with Crippen molar-refractivity contribution in [3.8, 4) is 0 Å². The summed E-state index contributed by atoms with van der Waals surface area (Å²) in [7, 11) is 0. The number of piperazine rings is 1. The van der Waals surface area contributed by atoms with E-state index in [1.54, 1.807) is 6.07 Å². The predicted octanol–water partition coefficient (Wildman–Crippen LogP) is 4.74. The third-order valence-electron chi connectivity index (χ3n) is 5.43. The number of carbonyl (C=O) groups is 1. The summed E-state index contributed by atoms with van der Waals surface area (Å²) in [5, 5.41) is 6.12. The first-order chi connectivity index (χ1) is 15.6. The normalized spacial score (nSPS) is 14.1. The molecule has 1 heterocycles. The molecule has 5 nitrogen and oxygen atoms in total. The van der Waals surface area contributed by atoms with Crippen LogP contribution in [-0.4, -0.2) is 42.1 Å². The highest BCUT2D eigenvalue weighted by molar-refractivity contribution is 14.1. The molecule has 3 aromatic carbocycles. The van der Waals surface area contributed by atoms with Gasteiger partial charge in [-0.2, -0.15) is 0 Å². The summed E-state index contributed by atoms with van der Waals surface area (Å²) in [6, 6.07) is 26.2. The van der Waals surface area contributed by atoms with Gasteiger partial charge >= 0.3 is 0 Å². The Morgan fingerprint density at radius 3 is 2.31 bits per heavy atom. The van der Waals surface area contributed by atoms with Crippen LogP contribution in [0.25, 0.3) is 0 Å². The molecule has 0 aromatic heterocycles. The zero-order valence-corrected chi connectivity index (χ0v) is 20.6. The number of carbonyl (C=O) groups excluding carboxylic acids is 1. The molecule has 7 heteroatoms. The molecule has 1 fully saturated rings. The van der Waals surface area contributed by atoms with Gasteiger partial charge in [-0.25, -0.2) is 0 Å². The van der Waals surface area contributed by atoms with Gasteiger partial charge in [0.25, 0.3) is 5.91 Å². The van der Waals surface area contributed by atoms with Crippen LogP contribution in [0.3, 0.4) is 0 Å². The Morgan fingerprint density at radius 1 is 0.906 bits per heavy atom. The van der Waals surface area contributed by atoms with Crippen LogP contribution in [0, 0.1) is 3.57 Å². The molecule has 0 spiro atoms. The van der Waals surface area contributed by atoms with Crippen molar-refractivity contribution < 1.29 is 4.79 Å². The van der Waals surface area contributed by atoms with Crippen molar-refractivity contribution in [2.45, 2.75) is 6.54 Å². The molecule has 1 saturated heterocycles.